The standard InChI is InChI=1S/C22H19F3N2O/c1-3-19(27-28-2)20-14-13-18(21(26-20)16-7-5-4-6-8-16)15-9-11-17(12-10-15)22(23,24)25/h4-14H,3H2,1-2H3/b27-19+. The van der Waals surface area contributed by atoms with E-state index in [0.717, 1.165) is 23.3 Å². The molecule has 0 bridgehead atoms. The van der Waals surface area contributed by atoms with Gasteiger partial charge in [0.2, 0.25) is 0 Å². The number of nitrogens with zero attached hydrogens (tertiary/aromatic N) is 2. The van der Waals surface area contributed by atoms with Gasteiger partial charge in [0.25, 0.3) is 0 Å². The van der Waals surface area contributed by atoms with Crippen molar-refractivity contribution >= 4 is 5.71 Å². The third-order valence-electron chi connectivity index (χ3n) is 4.30. The van der Waals surface area contributed by atoms with E-state index in [1.54, 1.807) is 6.07 Å². The maximum absolute atomic E-state index is 12.9. The lowest BCUT2D eigenvalue weighted by Crippen LogP contribution is -2.05. The van der Waals surface area contributed by atoms with E-state index in [9.17, 15) is 13.2 Å². The summed E-state index contributed by atoms with van der Waals surface area (Å²) in [4.78, 5) is 9.64. The Morgan fingerprint density at radius 1 is 0.929 bits per heavy atom. The molecule has 6 heteroatoms. The van der Waals surface area contributed by atoms with Crippen LogP contribution in [0.2, 0.25) is 0 Å². The van der Waals surface area contributed by atoms with Crippen molar-refractivity contribution in [2.24, 2.45) is 5.16 Å². The highest BCUT2D eigenvalue weighted by molar-refractivity contribution is 5.99. The molecule has 0 saturated heterocycles. The Morgan fingerprint density at radius 3 is 2.18 bits per heavy atom. The fourth-order valence-electron chi connectivity index (χ4n) is 2.91. The van der Waals surface area contributed by atoms with Gasteiger partial charge in [0, 0.05) is 11.1 Å². The van der Waals surface area contributed by atoms with Gasteiger partial charge in [0.15, 0.2) is 0 Å². The average Bonchev–Trinajstić information content (AvgIpc) is 2.72. The number of hydrogen-bond acceptors (Lipinski definition) is 3. The van der Waals surface area contributed by atoms with Gasteiger partial charge in [-0.3, -0.25) is 0 Å². The zero-order chi connectivity index (χ0) is 20.1. The molecule has 0 aliphatic carbocycles. The summed E-state index contributed by atoms with van der Waals surface area (Å²) in [5.41, 5.74) is 3.63. The van der Waals surface area contributed by atoms with E-state index in [-0.39, 0.29) is 0 Å². The molecule has 0 radical (unpaired) electrons. The molecule has 3 aromatic rings. The fourth-order valence-corrected chi connectivity index (χ4v) is 2.91. The summed E-state index contributed by atoms with van der Waals surface area (Å²) < 4.78 is 38.6. The molecular weight excluding hydrogens is 365 g/mol. The Balaban J connectivity index is 2.14. The Morgan fingerprint density at radius 2 is 1.61 bits per heavy atom. The summed E-state index contributed by atoms with van der Waals surface area (Å²) in [6.07, 6.45) is -3.73. The maximum Gasteiger partial charge on any atom is 0.416 e. The summed E-state index contributed by atoms with van der Waals surface area (Å²) >= 11 is 0. The van der Waals surface area contributed by atoms with E-state index in [0.29, 0.717) is 29.1 Å². The van der Waals surface area contributed by atoms with Crippen molar-refractivity contribution in [2.75, 3.05) is 7.11 Å². The highest BCUT2D eigenvalue weighted by Crippen LogP contribution is 2.34. The minimum Gasteiger partial charge on any atom is -0.399 e. The lowest BCUT2D eigenvalue weighted by molar-refractivity contribution is -0.137. The maximum atomic E-state index is 12.9. The second-order valence-electron chi connectivity index (χ2n) is 6.11. The molecule has 0 saturated carbocycles. The smallest absolute Gasteiger partial charge is 0.399 e. The van der Waals surface area contributed by atoms with E-state index in [4.69, 9.17) is 9.82 Å². The van der Waals surface area contributed by atoms with E-state index >= 15 is 0 Å². The van der Waals surface area contributed by atoms with Crippen LogP contribution in [0, 0.1) is 0 Å². The molecule has 3 rings (SSSR count). The first kappa shape index (κ1) is 19.6. The number of benzene rings is 2. The summed E-state index contributed by atoms with van der Waals surface area (Å²) in [5.74, 6) is 0. The highest BCUT2D eigenvalue weighted by atomic mass is 19.4. The highest BCUT2D eigenvalue weighted by Gasteiger charge is 2.30. The SMILES string of the molecule is CC/C(=N\OC)c1ccc(-c2ccc(C(F)(F)F)cc2)c(-c2ccccc2)n1. The van der Waals surface area contributed by atoms with Gasteiger partial charge in [-0.15, -0.1) is 0 Å². The van der Waals surface area contributed by atoms with Crippen molar-refractivity contribution in [3.05, 3.63) is 78.0 Å². The zero-order valence-corrected chi connectivity index (χ0v) is 15.5. The molecule has 0 amide bonds. The van der Waals surface area contributed by atoms with Crippen molar-refractivity contribution in [2.45, 2.75) is 19.5 Å². The summed E-state index contributed by atoms with van der Waals surface area (Å²) in [7, 11) is 1.48. The van der Waals surface area contributed by atoms with Crippen molar-refractivity contribution in [3.63, 3.8) is 0 Å². The van der Waals surface area contributed by atoms with Crippen LogP contribution in [0.3, 0.4) is 0 Å². The van der Waals surface area contributed by atoms with Crippen LogP contribution in [-0.2, 0) is 11.0 Å². The molecule has 2 aromatic carbocycles. The number of pyridine rings is 1. The van der Waals surface area contributed by atoms with Crippen LogP contribution in [-0.4, -0.2) is 17.8 Å². The molecule has 28 heavy (non-hydrogen) atoms. The average molecular weight is 384 g/mol. The lowest BCUT2D eigenvalue weighted by atomic mass is 9.97. The number of oxime groups is 1. The molecule has 0 N–H and O–H groups in total. The van der Waals surface area contributed by atoms with Crippen LogP contribution in [0.1, 0.15) is 24.6 Å². The van der Waals surface area contributed by atoms with Gasteiger partial charge in [0.1, 0.15) is 12.8 Å². The largest absolute Gasteiger partial charge is 0.416 e. The van der Waals surface area contributed by atoms with Gasteiger partial charge >= 0.3 is 6.18 Å². The van der Waals surface area contributed by atoms with Crippen molar-refractivity contribution in [3.8, 4) is 22.4 Å². The normalized spacial score (nSPS) is 12.1. The molecule has 1 aromatic heterocycles. The molecule has 144 valence electrons. The summed E-state index contributed by atoms with van der Waals surface area (Å²) in [6, 6.07) is 18.3. The number of aromatic nitrogens is 1. The van der Waals surface area contributed by atoms with E-state index < -0.39 is 11.7 Å². The number of rotatable bonds is 5. The first-order valence-corrected chi connectivity index (χ1v) is 8.78. The first-order chi connectivity index (χ1) is 13.4. The van der Waals surface area contributed by atoms with Crippen LogP contribution in [0.25, 0.3) is 22.4 Å². The predicted octanol–water partition coefficient (Wildman–Crippen LogP) is 6.19. The molecule has 0 unspecified atom stereocenters. The number of halogens is 3. The summed E-state index contributed by atoms with van der Waals surface area (Å²) in [5, 5.41) is 4.02. The molecule has 0 aliphatic heterocycles. The monoisotopic (exact) mass is 384 g/mol. The Bertz CT molecular complexity index is 965. The second-order valence-corrected chi connectivity index (χ2v) is 6.11. The topological polar surface area (TPSA) is 34.5 Å². The van der Waals surface area contributed by atoms with Gasteiger partial charge < -0.3 is 4.84 Å². The van der Waals surface area contributed by atoms with Gasteiger partial charge in [0.05, 0.1) is 17.0 Å². The number of alkyl halides is 3. The summed E-state index contributed by atoms with van der Waals surface area (Å²) in [6.45, 7) is 1.95. The van der Waals surface area contributed by atoms with Crippen LogP contribution in [0.5, 0.6) is 0 Å². The third kappa shape index (κ3) is 4.22. The first-order valence-electron chi connectivity index (χ1n) is 8.78. The van der Waals surface area contributed by atoms with E-state index in [1.165, 1.54) is 19.2 Å². The van der Waals surface area contributed by atoms with E-state index in [2.05, 4.69) is 5.16 Å². The Hall–Kier alpha value is -3.15. The molecule has 0 fully saturated rings. The van der Waals surface area contributed by atoms with Gasteiger partial charge in [-0.1, -0.05) is 54.5 Å². The third-order valence-corrected chi connectivity index (χ3v) is 4.30. The molecular formula is C22H19F3N2O. The van der Waals surface area contributed by atoms with Crippen LogP contribution < -0.4 is 0 Å². The van der Waals surface area contributed by atoms with E-state index in [1.807, 2.05) is 43.3 Å². The van der Waals surface area contributed by atoms with Gasteiger partial charge in [-0.05, 0) is 36.2 Å². The second kappa shape index (κ2) is 8.25. The van der Waals surface area contributed by atoms with Crippen LogP contribution in [0.4, 0.5) is 13.2 Å². The van der Waals surface area contributed by atoms with Gasteiger partial charge in [-0.2, -0.15) is 13.2 Å². The molecule has 3 nitrogen and oxygen atoms in total. The predicted molar refractivity (Wildman–Crippen MR) is 104 cm³/mol. The fraction of sp³-hybridized carbons (Fsp3) is 0.182. The molecule has 0 spiro atoms. The minimum absolute atomic E-state index is 0.634. The molecule has 0 aliphatic rings. The van der Waals surface area contributed by atoms with Crippen LogP contribution in [0.15, 0.2) is 71.9 Å². The lowest BCUT2D eigenvalue weighted by Gasteiger charge is -2.13. The van der Waals surface area contributed by atoms with Crippen molar-refractivity contribution < 1.29 is 18.0 Å². The minimum atomic E-state index is -4.37. The number of hydrogen-bond donors (Lipinski definition) is 0. The zero-order valence-electron chi connectivity index (χ0n) is 15.5. The quantitative estimate of drug-likeness (QED) is 0.388. The van der Waals surface area contributed by atoms with Crippen molar-refractivity contribution in [1.29, 1.82) is 0 Å². The van der Waals surface area contributed by atoms with Crippen molar-refractivity contribution in [1.82, 2.24) is 4.98 Å². The molecule has 1 heterocycles. The van der Waals surface area contributed by atoms with Crippen LogP contribution >= 0.6 is 0 Å². The molecule has 0 atom stereocenters. The Kier molecular flexibility index (Phi) is 5.78. The Labute approximate surface area is 161 Å². The van der Waals surface area contributed by atoms with Gasteiger partial charge in [-0.25, -0.2) is 4.98 Å².